The van der Waals surface area contributed by atoms with Gasteiger partial charge in [-0.15, -0.1) is 0 Å². The smallest absolute Gasteiger partial charge is 0.420 e. The number of aryl methyl sites for hydroxylation is 1. The van der Waals surface area contributed by atoms with Gasteiger partial charge in [0.15, 0.2) is 0 Å². The lowest BCUT2D eigenvalue weighted by Gasteiger charge is -2.22. The summed E-state index contributed by atoms with van der Waals surface area (Å²) in [5.41, 5.74) is 1.04. The molecule has 0 unspecified atom stereocenters. The molecule has 3 aromatic carbocycles. The third-order valence-electron chi connectivity index (χ3n) is 4.55. The average molecular weight is 390 g/mol. The largest absolute Gasteiger partial charge is 0.496 e. The van der Waals surface area contributed by atoms with Gasteiger partial charge < -0.3 is 14.2 Å². The van der Waals surface area contributed by atoms with E-state index in [2.05, 4.69) is 0 Å². The van der Waals surface area contributed by atoms with Gasteiger partial charge in [0.1, 0.15) is 17.1 Å². The van der Waals surface area contributed by atoms with Crippen LogP contribution in [0.2, 0.25) is 0 Å². The molecule has 0 amide bonds. The quantitative estimate of drug-likeness (QED) is 0.524. The topological polar surface area (TPSA) is 27.7 Å². The molecule has 148 valence electrons. The van der Waals surface area contributed by atoms with Crippen molar-refractivity contribution in [3.05, 3.63) is 70.8 Å². The summed E-state index contributed by atoms with van der Waals surface area (Å²) in [4.78, 5) is 0. The Hall–Kier alpha value is -2.73. The molecule has 28 heavy (non-hydrogen) atoms. The van der Waals surface area contributed by atoms with Crippen LogP contribution in [0.15, 0.2) is 48.5 Å². The highest BCUT2D eigenvalue weighted by Crippen LogP contribution is 2.48. The lowest BCUT2D eigenvalue weighted by molar-refractivity contribution is -0.140. The van der Waals surface area contributed by atoms with E-state index >= 15 is 0 Å². The maximum atomic E-state index is 13.9. The number of methoxy groups -OCH3 is 2. The van der Waals surface area contributed by atoms with Crippen molar-refractivity contribution in [1.82, 2.24) is 0 Å². The van der Waals surface area contributed by atoms with Crippen molar-refractivity contribution in [2.75, 3.05) is 14.2 Å². The monoisotopic (exact) mass is 390 g/mol. The second-order valence-corrected chi connectivity index (χ2v) is 6.44. The molecule has 0 aliphatic rings. The highest BCUT2D eigenvalue weighted by molar-refractivity contribution is 5.96. The fraction of sp³-hybridized carbons (Fsp3) is 0.273. The first-order chi connectivity index (χ1) is 13.4. The summed E-state index contributed by atoms with van der Waals surface area (Å²) < 4.78 is 58.0. The number of halogens is 3. The molecule has 0 fully saturated rings. The van der Waals surface area contributed by atoms with E-state index in [1.165, 1.54) is 14.2 Å². The third kappa shape index (κ3) is 3.92. The number of hydrogen-bond donors (Lipinski definition) is 0. The molecule has 3 aromatic rings. The fourth-order valence-electron chi connectivity index (χ4n) is 3.26. The van der Waals surface area contributed by atoms with Crippen LogP contribution in [0.5, 0.6) is 11.5 Å². The van der Waals surface area contributed by atoms with Gasteiger partial charge >= 0.3 is 6.18 Å². The molecule has 3 rings (SSSR count). The van der Waals surface area contributed by atoms with Gasteiger partial charge in [-0.2, -0.15) is 13.2 Å². The van der Waals surface area contributed by atoms with Crippen molar-refractivity contribution in [3.63, 3.8) is 0 Å². The van der Waals surface area contributed by atoms with Gasteiger partial charge in [-0.1, -0.05) is 54.1 Å². The van der Waals surface area contributed by atoms with Crippen LogP contribution >= 0.6 is 0 Å². The standard InChI is InChI=1S/C22H21F3O3/c1-14-8-10-15(11-9-14)12-28-13-18-19(22(23,24)25)21(27-3)17-7-5-4-6-16(17)20(18)26-2/h4-11H,12-13H2,1-3H3. The van der Waals surface area contributed by atoms with Gasteiger partial charge in [-0.3, -0.25) is 0 Å². The Morgan fingerprint density at radius 1 is 0.786 bits per heavy atom. The predicted octanol–water partition coefficient (Wildman–Crippen LogP) is 5.90. The molecule has 0 saturated carbocycles. The Bertz CT molecular complexity index is 963. The summed E-state index contributed by atoms with van der Waals surface area (Å²) >= 11 is 0. The lowest BCUT2D eigenvalue weighted by atomic mass is 9.97. The van der Waals surface area contributed by atoms with Crippen LogP contribution in [-0.2, 0) is 24.1 Å². The molecule has 0 radical (unpaired) electrons. The second kappa shape index (κ2) is 8.10. The Balaban J connectivity index is 2.06. The summed E-state index contributed by atoms with van der Waals surface area (Å²) in [7, 11) is 2.60. The highest BCUT2D eigenvalue weighted by Gasteiger charge is 2.40. The van der Waals surface area contributed by atoms with Crippen LogP contribution in [0.1, 0.15) is 22.3 Å². The fourth-order valence-corrected chi connectivity index (χ4v) is 3.26. The number of ether oxygens (including phenoxy) is 3. The van der Waals surface area contributed by atoms with Crippen molar-refractivity contribution in [2.24, 2.45) is 0 Å². The normalized spacial score (nSPS) is 11.6. The molecule has 0 spiro atoms. The van der Waals surface area contributed by atoms with E-state index in [0.717, 1.165) is 11.1 Å². The molecule has 0 aromatic heterocycles. The van der Waals surface area contributed by atoms with Crippen LogP contribution in [0, 0.1) is 6.92 Å². The SMILES string of the molecule is COc1c(COCc2ccc(C)cc2)c(C(F)(F)F)c(OC)c2ccccc12. The minimum atomic E-state index is -4.62. The molecule has 0 aliphatic carbocycles. The first-order valence-electron chi connectivity index (χ1n) is 8.72. The molecule has 0 aliphatic heterocycles. The van der Waals surface area contributed by atoms with E-state index in [1.807, 2.05) is 31.2 Å². The van der Waals surface area contributed by atoms with Crippen LogP contribution < -0.4 is 9.47 Å². The van der Waals surface area contributed by atoms with Gasteiger partial charge in [0.05, 0.1) is 27.4 Å². The predicted molar refractivity (Wildman–Crippen MR) is 102 cm³/mol. The molecule has 3 nitrogen and oxygen atoms in total. The first-order valence-corrected chi connectivity index (χ1v) is 8.72. The lowest BCUT2D eigenvalue weighted by Crippen LogP contribution is -2.14. The number of alkyl halides is 3. The van der Waals surface area contributed by atoms with Gasteiger partial charge in [0.2, 0.25) is 0 Å². The van der Waals surface area contributed by atoms with Crippen LogP contribution in [0.25, 0.3) is 10.8 Å². The van der Waals surface area contributed by atoms with Crippen LogP contribution in [0.4, 0.5) is 13.2 Å². The summed E-state index contributed by atoms with van der Waals surface area (Å²) in [6.07, 6.45) is -4.62. The summed E-state index contributed by atoms with van der Waals surface area (Å²) in [5.74, 6) is -0.0783. The second-order valence-electron chi connectivity index (χ2n) is 6.44. The van der Waals surface area contributed by atoms with E-state index in [-0.39, 0.29) is 30.3 Å². The van der Waals surface area contributed by atoms with Crippen molar-refractivity contribution >= 4 is 10.8 Å². The summed E-state index contributed by atoms with van der Waals surface area (Å²) in [6.45, 7) is 1.90. The Kier molecular flexibility index (Phi) is 5.79. The van der Waals surface area contributed by atoms with Gasteiger partial charge in [0.25, 0.3) is 0 Å². The van der Waals surface area contributed by atoms with E-state index in [9.17, 15) is 13.2 Å². The molecule has 0 N–H and O–H groups in total. The van der Waals surface area contributed by atoms with E-state index in [1.54, 1.807) is 24.3 Å². The van der Waals surface area contributed by atoms with Gasteiger partial charge in [-0.25, -0.2) is 0 Å². The number of hydrogen-bond acceptors (Lipinski definition) is 3. The zero-order valence-corrected chi connectivity index (χ0v) is 15.9. The molecule has 0 heterocycles. The van der Waals surface area contributed by atoms with Gasteiger partial charge in [-0.05, 0) is 12.5 Å². The molecule has 0 atom stereocenters. The van der Waals surface area contributed by atoms with E-state index in [0.29, 0.717) is 10.8 Å². The minimum Gasteiger partial charge on any atom is -0.496 e. The number of benzene rings is 3. The Morgan fingerprint density at radius 3 is 1.89 bits per heavy atom. The number of fused-ring (bicyclic) bond motifs is 1. The summed E-state index contributed by atoms with van der Waals surface area (Å²) in [5, 5.41) is 0.889. The van der Waals surface area contributed by atoms with Crippen molar-refractivity contribution in [1.29, 1.82) is 0 Å². The highest BCUT2D eigenvalue weighted by atomic mass is 19.4. The molecule has 6 heteroatoms. The first kappa shape index (κ1) is 20.0. The van der Waals surface area contributed by atoms with Gasteiger partial charge in [0, 0.05) is 16.3 Å². The molecular formula is C22H21F3O3. The van der Waals surface area contributed by atoms with Crippen molar-refractivity contribution in [2.45, 2.75) is 26.3 Å². The number of rotatable bonds is 6. The van der Waals surface area contributed by atoms with E-state index in [4.69, 9.17) is 14.2 Å². The maximum Gasteiger partial charge on any atom is 0.420 e. The van der Waals surface area contributed by atoms with Crippen molar-refractivity contribution < 1.29 is 27.4 Å². The zero-order valence-electron chi connectivity index (χ0n) is 15.9. The molecule has 0 bridgehead atoms. The zero-order chi connectivity index (χ0) is 20.3. The van der Waals surface area contributed by atoms with Crippen LogP contribution in [0.3, 0.4) is 0 Å². The van der Waals surface area contributed by atoms with Crippen molar-refractivity contribution in [3.8, 4) is 11.5 Å². The average Bonchev–Trinajstić information content (AvgIpc) is 2.67. The Labute approximate surface area is 161 Å². The minimum absolute atomic E-state index is 0.0716. The molecular weight excluding hydrogens is 369 g/mol. The van der Waals surface area contributed by atoms with E-state index < -0.39 is 11.7 Å². The third-order valence-corrected chi connectivity index (χ3v) is 4.55. The summed E-state index contributed by atoms with van der Waals surface area (Å²) in [6, 6.07) is 14.3. The molecule has 0 saturated heterocycles. The Morgan fingerprint density at radius 2 is 1.36 bits per heavy atom. The maximum absolute atomic E-state index is 13.9. The van der Waals surface area contributed by atoms with Crippen LogP contribution in [-0.4, -0.2) is 14.2 Å².